The fourth-order valence-corrected chi connectivity index (χ4v) is 1.61. The van der Waals surface area contributed by atoms with Crippen molar-refractivity contribution in [3.63, 3.8) is 0 Å². The molecule has 0 saturated carbocycles. The van der Waals surface area contributed by atoms with E-state index in [2.05, 4.69) is 6.58 Å². The molecule has 2 aromatic carbocycles. The van der Waals surface area contributed by atoms with E-state index in [1.165, 1.54) is 6.07 Å². The highest BCUT2D eigenvalue weighted by Gasteiger charge is 2.12. The summed E-state index contributed by atoms with van der Waals surface area (Å²) in [5.41, 5.74) is 1.66. The van der Waals surface area contributed by atoms with Gasteiger partial charge in [0.05, 0.1) is 5.56 Å². The van der Waals surface area contributed by atoms with Gasteiger partial charge in [0.15, 0.2) is 5.78 Å². The van der Waals surface area contributed by atoms with Crippen molar-refractivity contribution < 1.29 is 9.90 Å². The topological polar surface area (TPSA) is 37.3 Å². The molecule has 2 aromatic rings. The highest BCUT2D eigenvalue weighted by molar-refractivity contribution is 6.10. The zero-order valence-electron chi connectivity index (χ0n) is 9.26. The van der Waals surface area contributed by atoms with E-state index in [1.54, 1.807) is 42.5 Å². The first-order valence-corrected chi connectivity index (χ1v) is 5.27. The van der Waals surface area contributed by atoms with Gasteiger partial charge in [0.2, 0.25) is 0 Å². The molecule has 0 amide bonds. The van der Waals surface area contributed by atoms with E-state index in [1.807, 2.05) is 6.07 Å². The van der Waals surface area contributed by atoms with Crippen molar-refractivity contribution in [3.05, 3.63) is 71.8 Å². The van der Waals surface area contributed by atoms with Gasteiger partial charge >= 0.3 is 0 Å². The smallest absolute Gasteiger partial charge is 0.196 e. The van der Waals surface area contributed by atoms with E-state index in [4.69, 9.17) is 0 Å². The third kappa shape index (κ3) is 2.26. The molecule has 0 aliphatic carbocycles. The highest BCUT2D eigenvalue weighted by atomic mass is 16.3. The number of phenols is 1. The molecule has 0 aliphatic heterocycles. The van der Waals surface area contributed by atoms with Gasteiger partial charge in [-0.3, -0.25) is 4.79 Å². The van der Waals surface area contributed by atoms with E-state index in [0.717, 1.165) is 5.56 Å². The molecular weight excluding hydrogens is 212 g/mol. The van der Waals surface area contributed by atoms with Crippen LogP contribution in [-0.2, 0) is 0 Å². The average Bonchev–Trinajstić information content (AvgIpc) is 2.39. The maximum atomic E-state index is 12.1. The second-order valence-electron chi connectivity index (χ2n) is 3.68. The average molecular weight is 224 g/mol. The Kier molecular flexibility index (Phi) is 3.06. The zero-order chi connectivity index (χ0) is 12.3. The van der Waals surface area contributed by atoms with Crippen LogP contribution in [0.5, 0.6) is 5.75 Å². The van der Waals surface area contributed by atoms with Crippen LogP contribution in [0.25, 0.3) is 6.08 Å². The van der Waals surface area contributed by atoms with Gasteiger partial charge in [0.1, 0.15) is 5.75 Å². The molecule has 0 heterocycles. The summed E-state index contributed by atoms with van der Waals surface area (Å²) in [6.07, 6.45) is 1.62. The molecule has 1 N–H and O–H groups in total. The zero-order valence-corrected chi connectivity index (χ0v) is 9.26. The third-order valence-corrected chi connectivity index (χ3v) is 2.54. The van der Waals surface area contributed by atoms with Gasteiger partial charge in [0.25, 0.3) is 0 Å². The molecule has 17 heavy (non-hydrogen) atoms. The number of hydrogen-bond donors (Lipinski definition) is 1. The summed E-state index contributed by atoms with van der Waals surface area (Å²) in [4.78, 5) is 12.1. The van der Waals surface area contributed by atoms with E-state index in [0.29, 0.717) is 11.1 Å². The molecule has 0 bridgehead atoms. The molecule has 2 heteroatoms. The number of hydrogen-bond acceptors (Lipinski definition) is 2. The first kappa shape index (κ1) is 11.1. The summed E-state index contributed by atoms with van der Waals surface area (Å²) >= 11 is 0. The largest absolute Gasteiger partial charge is 0.507 e. The fourth-order valence-electron chi connectivity index (χ4n) is 1.61. The van der Waals surface area contributed by atoms with Crippen molar-refractivity contribution in [2.24, 2.45) is 0 Å². The lowest BCUT2D eigenvalue weighted by molar-refractivity contribution is 0.103. The van der Waals surface area contributed by atoms with Crippen LogP contribution in [0.15, 0.2) is 55.1 Å². The Bertz CT molecular complexity index is 556. The lowest BCUT2D eigenvalue weighted by atomic mass is 10.0. The Morgan fingerprint density at radius 2 is 1.82 bits per heavy atom. The van der Waals surface area contributed by atoms with Crippen molar-refractivity contribution in [2.45, 2.75) is 0 Å². The summed E-state index contributed by atoms with van der Waals surface area (Å²) in [6.45, 7) is 3.61. The number of benzene rings is 2. The Labute approximate surface area is 99.8 Å². The van der Waals surface area contributed by atoms with Gasteiger partial charge in [-0.25, -0.2) is 0 Å². The molecule has 0 spiro atoms. The Balaban J connectivity index is 2.42. The number of rotatable bonds is 3. The van der Waals surface area contributed by atoms with Crippen molar-refractivity contribution >= 4 is 11.9 Å². The maximum Gasteiger partial charge on any atom is 0.196 e. The van der Waals surface area contributed by atoms with Gasteiger partial charge in [0, 0.05) is 5.56 Å². The molecule has 0 atom stereocenters. The molecule has 0 saturated heterocycles. The van der Waals surface area contributed by atoms with Crippen molar-refractivity contribution in [1.82, 2.24) is 0 Å². The Morgan fingerprint density at radius 1 is 1.12 bits per heavy atom. The monoisotopic (exact) mass is 224 g/mol. The van der Waals surface area contributed by atoms with Gasteiger partial charge in [-0.15, -0.1) is 0 Å². The van der Waals surface area contributed by atoms with Crippen LogP contribution < -0.4 is 0 Å². The van der Waals surface area contributed by atoms with E-state index >= 15 is 0 Å². The quantitative estimate of drug-likeness (QED) is 0.812. The summed E-state index contributed by atoms with van der Waals surface area (Å²) in [6, 6.07) is 13.8. The van der Waals surface area contributed by atoms with Crippen LogP contribution in [0.4, 0.5) is 0 Å². The van der Waals surface area contributed by atoms with Crippen LogP contribution in [0.3, 0.4) is 0 Å². The summed E-state index contributed by atoms with van der Waals surface area (Å²) in [5.74, 6) is -0.199. The predicted octanol–water partition coefficient (Wildman–Crippen LogP) is 3.27. The minimum atomic E-state index is -0.182. The van der Waals surface area contributed by atoms with Crippen LogP contribution >= 0.6 is 0 Å². The molecule has 0 unspecified atom stereocenters. The minimum Gasteiger partial charge on any atom is -0.507 e. The van der Waals surface area contributed by atoms with Crippen LogP contribution in [-0.4, -0.2) is 10.9 Å². The molecule has 84 valence electrons. The van der Waals surface area contributed by atoms with Crippen LogP contribution in [0, 0.1) is 0 Å². The maximum absolute atomic E-state index is 12.1. The first-order chi connectivity index (χ1) is 8.22. The Morgan fingerprint density at radius 3 is 2.41 bits per heavy atom. The fraction of sp³-hybridized carbons (Fsp3) is 0. The van der Waals surface area contributed by atoms with Gasteiger partial charge in [-0.2, -0.15) is 0 Å². The molecule has 2 rings (SSSR count). The lowest BCUT2D eigenvalue weighted by Crippen LogP contribution is -2.01. The molecule has 0 fully saturated rings. The summed E-state index contributed by atoms with van der Waals surface area (Å²) in [5, 5.41) is 9.79. The van der Waals surface area contributed by atoms with Crippen molar-refractivity contribution in [2.75, 3.05) is 0 Å². The van der Waals surface area contributed by atoms with Gasteiger partial charge in [-0.05, 0) is 17.7 Å². The number of carbonyl (C=O) groups is 1. The Hall–Kier alpha value is -2.35. The lowest BCUT2D eigenvalue weighted by Gasteiger charge is -2.04. The SMILES string of the molecule is C=Cc1ccc(C(=O)c2ccccc2)c(O)c1. The van der Waals surface area contributed by atoms with E-state index in [9.17, 15) is 9.90 Å². The van der Waals surface area contributed by atoms with Crippen LogP contribution in [0.2, 0.25) is 0 Å². The molecular formula is C15H12O2. The molecule has 0 aliphatic rings. The first-order valence-electron chi connectivity index (χ1n) is 5.27. The number of aromatic hydroxyl groups is 1. The van der Waals surface area contributed by atoms with Crippen LogP contribution in [0.1, 0.15) is 21.5 Å². The number of carbonyl (C=O) groups excluding carboxylic acids is 1. The highest BCUT2D eigenvalue weighted by Crippen LogP contribution is 2.22. The summed E-state index contributed by atoms with van der Waals surface area (Å²) < 4.78 is 0. The normalized spacial score (nSPS) is 9.88. The van der Waals surface area contributed by atoms with E-state index in [-0.39, 0.29) is 11.5 Å². The van der Waals surface area contributed by atoms with Crippen molar-refractivity contribution in [1.29, 1.82) is 0 Å². The van der Waals surface area contributed by atoms with Gasteiger partial charge in [-0.1, -0.05) is 49.1 Å². The van der Waals surface area contributed by atoms with Crippen molar-refractivity contribution in [3.8, 4) is 5.75 Å². The second kappa shape index (κ2) is 4.66. The molecule has 2 nitrogen and oxygen atoms in total. The number of phenolic OH excluding ortho intramolecular Hbond substituents is 1. The van der Waals surface area contributed by atoms with Gasteiger partial charge < -0.3 is 5.11 Å². The summed E-state index contributed by atoms with van der Waals surface area (Å²) in [7, 11) is 0. The predicted molar refractivity (Wildman–Crippen MR) is 68.1 cm³/mol. The standard InChI is InChI=1S/C15H12O2/c1-2-11-8-9-13(14(16)10-11)15(17)12-6-4-3-5-7-12/h2-10,16H,1H2. The number of ketones is 1. The second-order valence-corrected chi connectivity index (χ2v) is 3.68. The molecule has 0 aromatic heterocycles. The third-order valence-electron chi connectivity index (χ3n) is 2.54. The molecule has 0 radical (unpaired) electrons. The minimum absolute atomic E-state index is 0.0174. The van der Waals surface area contributed by atoms with E-state index < -0.39 is 0 Å².